The van der Waals surface area contributed by atoms with Crippen LogP contribution in [-0.4, -0.2) is 18.1 Å². The number of hydrogen-bond donors (Lipinski definition) is 0. The van der Waals surface area contributed by atoms with E-state index in [1.54, 1.807) is 0 Å². The second-order valence-electron chi connectivity index (χ2n) is 7.03. The molecule has 1 heterocycles. The maximum atomic E-state index is 2.45. The summed E-state index contributed by atoms with van der Waals surface area (Å²) in [7, 11) is 0. The molecule has 2 rings (SSSR count). The molecule has 0 aliphatic carbocycles. The summed E-state index contributed by atoms with van der Waals surface area (Å²) in [5, 5.41) is 0. The van der Waals surface area contributed by atoms with Crippen LogP contribution in [0, 0.1) is 0 Å². The third-order valence-electron chi connectivity index (χ3n) is 5.02. The maximum absolute atomic E-state index is 2.45. The molecule has 25 heavy (non-hydrogen) atoms. The van der Waals surface area contributed by atoms with Gasteiger partial charge in [-0.2, -0.15) is 0 Å². The zero-order valence-corrected chi connectivity index (χ0v) is 18.6. The number of halogens is 1. The van der Waals surface area contributed by atoms with Crippen LogP contribution in [0.25, 0.3) is 0 Å². The normalized spacial score (nSPS) is 13.4. The minimum atomic E-state index is 0. The predicted octanol–water partition coefficient (Wildman–Crippen LogP) is 6.95. The van der Waals surface area contributed by atoms with E-state index in [2.05, 4.69) is 60.3 Å². The summed E-state index contributed by atoms with van der Waals surface area (Å²) in [4.78, 5) is 4.83. The van der Waals surface area contributed by atoms with Gasteiger partial charge in [0, 0.05) is 24.6 Å². The highest BCUT2D eigenvalue weighted by Crippen LogP contribution is 2.24. The van der Waals surface area contributed by atoms with E-state index in [1.165, 1.54) is 75.6 Å². The van der Waals surface area contributed by atoms with Gasteiger partial charge in [0.25, 0.3) is 0 Å². The van der Waals surface area contributed by atoms with E-state index in [4.69, 9.17) is 0 Å². The summed E-state index contributed by atoms with van der Waals surface area (Å²) in [6, 6.07) is 8.77. The zero-order chi connectivity index (χ0) is 17.0. The molecule has 1 aliphatic rings. The largest absolute Gasteiger partial charge is 0.358 e. The average Bonchev–Trinajstić information content (AvgIpc) is 3.09. The minimum absolute atomic E-state index is 0. The number of benzene rings is 1. The van der Waals surface area contributed by atoms with Crippen molar-refractivity contribution in [2.45, 2.75) is 78.1 Å². The zero-order valence-electron chi connectivity index (χ0n) is 16.3. The summed E-state index contributed by atoms with van der Waals surface area (Å²) in [5.41, 5.74) is 2.80. The average molecular weight is 456 g/mol. The van der Waals surface area contributed by atoms with E-state index in [-0.39, 0.29) is 24.0 Å². The molecule has 0 atom stereocenters. The fourth-order valence-corrected chi connectivity index (χ4v) is 3.48. The third-order valence-corrected chi connectivity index (χ3v) is 5.02. The van der Waals surface area contributed by atoms with Gasteiger partial charge in [0.2, 0.25) is 0 Å². The van der Waals surface area contributed by atoms with Crippen LogP contribution in [0.5, 0.6) is 0 Å². The van der Waals surface area contributed by atoms with Gasteiger partial charge in [-0.3, -0.25) is 0 Å². The molecule has 142 valence electrons. The van der Waals surface area contributed by atoms with E-state index in [0.717, 1.165) is 13.1 Å². The molecule has 1 aromatic carbocycles. The highest BCUT2D eigenvalue weighted by molar-refractivity contribution is 14.0. The van der Waals surface area contributed by atoms with Gasteiger partial charge in [-0.25, -0.2) is 0 Å². The molecule has 0 fully saturated rings. The number of rotatable bonds is 12. The van der Waals surface area contributed by atoms with E-state index in [1.807, 2.05) is 0 Å². The summed E-state index contributed by atoms with van der Waals surface area (Å²) in [5.74, 6) is 0. The molecule has 2 nitrogen and oxygen atoms in total. The molecule has 0 unspecified atom stereocenters. The lowest BCUT2D eigenvalue weighted by Crippen LogP contribution is -2.26. The Balaban J connectivity index is 0.00000312. The summed E-state index contributed by atoms with van der Waals surface area (Å²) < 4.78 is 0. The summed E-state index contributed by atoms with van der Waals surface area (Å²) in [6.45, 7) is 6.72. The van der Waals surface area contributed by atoms with Crippen molar-refractivity contribution in [1.82, 2.24) is 4.90 Å². The van der Waals surface area contributed by atoms with Gasteiger partial charge in [-0.1, -0.05) is 83.4 Å². The third kappa shape index (κ3) is 8.02. The number of unbranched alkanes of at least 4 members (excludes halogenated alkanes) is 8. The highest BCUT2D eigenvalue weighted by atomic mass is 127. The van der Waals surface area contributed by atoms with Crippen molar-refractivity contribution in [3.8, 4) is 0 Å². The molecule has 0 saturated heterocycles. The fraction of sp³-hybridized carbons (Fsp3) is 0.636. The number of hydrogen-bond acceptors (Lipinski definition) is 2. The molecule has 0 spiro atoms. The molecule has 0 aromatic heterocycles. The minimum Gasteiger partial charge on any atom is -0.358 e. The van der Waals surface area contributed by atoms with Crippen LogP contribution in [0.15, 0.2) is 36.7 Å². The Kier molecular flexibility index (Phi) is 12.0. The van der Waals surface area contributed by atoms with Crippen LogP contribution < -0.4 is 4.90 Å². The number of para-hydroxylation sites is 1. The first-order chi connectivity index (χ1) is 11.8. The molecule has 3 heteroatoms. The van der Waals surface area contributed by atoms with Crippen LogP contribution in [0.1, 0.15) is 77.2 Å². The van der Waals surface area contributed by atoms with Gasteiger partial charge in [0.1, 0.15) is 0 Å². The first-order valence-corrected chi connectivity index (χ1v) is 10.1. The lowest BCUT2D eigenvalue weighted by molar-refractivity contribution is 0.387. The van der Waals surface area contributed by atoms with Crippen LogP contribution in [0.2, 0.25) is 0 Å². The van der Waals surface area contributed by atoms with Crippen LogP contribution in [0.4, 0.5) is 5.69 Å². The SMILES string of the molecule is CCCCCCCCCCCN1C=CN(c2ccccc2CC)C1.I. The van der Waals surface area contributed by atoms with Crippen molar-refractivity contribution in [1.29, 1.82) is 0 Å². The first kappa shape index (κ1) is 22.3. The number of anilines is 1. The van der Waals surface area contributed by atoms with Gasteiger partial charge < -0.3 is 9.80 Å². The van der Waals surface area contributed by atoms with Gasteiger partial charge in [-0.15, -0.1) is 24.0 Å². The Bertz CT molecular complexity index is 487. The van der Waals surface area contributed by atoms with E-state index < -0.39 is 0 Å². The van der Waals surface area contributed by atoms with Gasteiger partial charge in [0.15, 0.2) is 0 Å². The molecule has 0 amide bonds. The molecular weight excluding hydrogens is 419 g/mol. The van der Waals surface area contributed by atoms with Crippen molar-refractivity contribution in [3.63, 3.8) is 0 Å². The van der Waals surface area contributed by atoms with Gasteiger partial charge >= 0.3 is 0 Å². The Morgan fingerprint density at radius 1 is 0.800 bits per heavy atom. The number of nitrogens with zero attached hydrogens (tertiary/aromatic N) is 2. The molecular formula is C22H37IN2. The van der Waals surface area contributed by atoms with Crippen molar-refractivity contribution in [2.75, 3.05) is 18.1 Å². The Morgan fingerprint density at radius 2 is 1.44 bits per heavy atom. The summed E-state index contributed by atoms with van der Waals surface area (Å²) >= 11 is 0. The van der Waals surface area contributed by atoms with E-state index in [9.17, 15) is 0 Å². The Labute approximate surface area is 172 Å². The van der Waals surface area contributed by atoms with Gasteiger partial charge in [0.05, 0.1) is 6.67 Å². The topological polar surface area (TPSA) is 6.48 Å². The van der Waals surface area contributed by atoms with Gasteiger partial charge in [-0.05, 0) is 24.5 Å². The maximum Gasteiger partial charge on any atom is 0.0941 e. The molecule has 0 saturated carbocycles. The fourth-order valence-electron chi connectivity index (χ4n) is 3.48. The monoisotopic (exact) mass is 456 g/mol. The highest BCUT2D eigenvalue weighted by Gasteiger charge is 2.15. The number of aryl methyl sites for hydroxylation is 1. The molecule has 0 bridgehead atoms. The smallest absolute Gasteiger partial charge is 0.0941 e. The first-order valence-electron chi connectivity index (χ1n) is 10.1. The lowest BCUT2D eigenvalue weighted by Gasteiger charge is -2.23. The van der Waals surface area contributed by atoms with Crippen LogP contribution in [0.3, 0.4) is 0 Å². The molecule has 0 N–H and O–H groups in total. The Morgan fingerprint density at radius 3 is 2.12 bits per heavy atom. The van der Waals surface area contributed by atoms with E-state index >= 15 is 0 Å². The van der Waals surface area contributed by atoms with Crippen molar-refractivity contribution in [3.05, 3.63) is 42.2 Å². The molecule has 1 aliphatic heterocycles. The predicted molar refractivity (Wildman–Crippen MR) is 122 cm³/mol. The Hall–Kier alpha value is -0.710. The van der Waals surface area contributed by atoms with Crippen LogP contribution >= 0.6 is 24.0 Å². The quantitative estimate of drug-likeness (QED) is 0.248. The molecule has 0 radical (unpaired) electrons. The second-order valence-corrected chi connectivity index (χ2v) is 7.03. The standard InChI is InChI=1S/C22H36N2.HI/c1-3-5-6-7-8-9-10-11-14-17-23-18-19-24(20-23)22-16-13-12-15-21(22)4-2;/h12-13,15-16,18-19H,3-11,14,17,20H2,1-2H3;1H. The van der Waals surface area contributed by atoms with Crippen molar-refractivity contribution < 1.29 is 0 Å². The summed E-state index contributed by atoms with van der Waals surface area (Å²) in [6.07, 6.45) is 18.2. The van der Waals surface area contributed by atoms with E-state index in [0.29, 0.717) is 0 Å². The van der Waals surface area contributed by atoms with Crippen molar-refractivity contribution >= 4 is 29.7 Å². The van der Waals surface area contributed by atoms with Crippen molar-refractivity contribution in [2.24, 2.45) is 0 Å². The second kappa shape index (κ2) is 13.5. The van der Waals surface area contributed by atoms with Crippen LogP contribution in [-0.2, 0) is 6.42 Å². The molecule has 1 aromatic rings. The lowest BCUT2D eigenvalue weighted by atomic mass is 10.1.